The monoisotopic (exact) mass is 435 g/mol. The largest absolute Gasteiger partial charge is 0.441 e. The average Bonchev–Trinajstić information content (AvgIpc) is 3.40. The fraction of sp³-hybridized carbons (Fsp3) is 0.571. The molecule has 0 amide bonds. The molecule has 5 rings (SSSR count). The Labute approximate surface area is 175 Å². The van der Waals surface area contributed by atoms with Gasteiger partial charge in [-0.05, 0) is 31.9 Å². The maximum Gasteiger partial charge on any atom is 0.229 e. The van der Waals surface area contributed by atoms with E-state index in [1.807, 2.05) is 6.92 Å². The van der Waals surface area contributed by atoms with Crippen LogP contribution < -0.4 is 4.72 Å². The van der Waals surface area contributed by atoms with Crippen LogP contribution in [0.5, 0.6) is 0 Å². The number of aromatic nitrogens is 1. The van der Waals surface area contributed by atoms with E-state index in [9.17, 15) is 12.8 Å². The second-order valence-corrected chi connectivity index (χ2v) is 10.7. The summed E-state index contributed by atoms with van der Waals surface area (Å²) in [6.45, 7) is 4.49. The maximum atomic E-state index is 14.1. The van der Waals surface area contributed by atoms with Gasteiger partial charge < -0.3 is 9.15 Å². The van der Waals surface area contributed by atoms with E-state index in [1.165, 1.54) is 12.3 Å². The molecule has 4 heterocycles. The van der Waals surface area contributed by atoms with Crippen molar-refractivity contribution < 1.29 is 22.0 Å². The van der Waals surface area contributed by atoms with Crippen molar-refractivity contribution in [2.45, 2.75) is 38.0 Å². The summed E-state index contributed by atoms with van der Waals surface area (Å²) < 4.78 is 52.0. The molecule has 4 atom stereocenters. The van der Waals surface area contributed by atoms with Crippen LogP contribution in [-0.2, 0) is 21.3 Å². The van der Waals surface area contributed by atoms with Crippen molar-refractivity contribution in [3.63, 3.8) is 0 Å². The quantitative estimate of drug-likeness (QED) is 0.750. The molecule has 9 heteroatoms. The fourth-order valence-corrected chi connectivity index (χ4v) is 5.96. The van der Waals surface area contributed by atoms with Gasteiger partial charge in [0.15, 0.2) is 0 Å². The number of aryl methyl sites for hydroxylation is 1. The van der Waals surface area contributed by atoms with Crippen molar-refractivity contribution >= 4 is 10.0 Å². The zero-order valence-corrected chi connectivity index (χ0v) is 17.9. The first-order valence-corrected chi connectivity index (χ1v) is 12.2. The molecular weight excluding hydrogens is 409 g/mol. The molecule has 3 saturated heterocycles. The number of nitrogens with zero attached hydrogens (tertiary/aromatic N) is 2. The molecule has 162 valence electrons. The molecule has 30 heavy (non-hydrogen) atoms. The summed E-state index contributed by atoms with van der Waals surface area (Å²) >= 11 is 0. The van der Waals surface area contributed by atoms with Gasteiger partial charge >= 0.3 is 0 Å². The lowest BCUT2D eigenvalue weighted by atomic mass is 9.74. The average molecular weight is 436 g/mol. The number of hydrogen-bond acceptors (Lipinski definition) is 6. The van der Waals surface area contributed by atoms with Crippen LogP contribution in [0.4, 0.5) is 4.39 Å². The van der Waals surface area contributed by atoms with Gasteiger partial charge in [0, 0.05) is 38.0 Å². The number of benzene rings is 1. The van der Waals surface area contributed by atoms with Gasteiger partial charge in [-0.25, -0.2) is 22.5 Å². The maximum absolute atomic E-state index is 14.1. The second kappa shape index (κ2) is 7.12. The molecule has 7 nitrogen and oxygen atoms in total. The van der Waals surface area contributed by atoms with Crippen molar-refractivity contribution in [1.29, 1.82) is 0 Å². The van der Waals surface area contributed by atoms with E-state index >= 15 is 0 Å². The Morgan fingerprint density at radius 2 is 2.17 bits per heavy atom. The van der Waals surface area contributed by atoms with Gasteiger partial charge in [0.05, 0.1) is 29.2 Å². The molecule has 1 N–H and O–H groups in total. The van der Waals surface area contributed by atoms with Crippen molar-refractivity contribution in [2.24, 2.45) is 11.8 Å². The minimum absolute atomic E-state index is 0.132. The Morgan fingerprint density at radius 1 is 1.37 bits per heavy atom. The van der Waals surface area contributed by atoms with Gasteiger partial charge in [0.1, 0.15) is 11.6 Å². The molecule has 3 fully saturated rings. The highest BCUT2D eigenvalue weighted by Crippen LogP contribution is 2.54. The number of nitrogens with one attached hydrogen (secondary N) is 1. The summed E-state index contributed by atoms with van der Waals surface area (Å²) in [5.41, 5.74) is 0.961. The third kappa shape index (κ3) is 3.47. The highest BCUT2D eigenvalue weighted by molar-refractivity contribution is 7.88. The first kappa shape index (κ1) is 20.1. The summed E-state index contributed by atoms with van der Waals surface area (Å²) in [5, 5.41) is 0. The summed E-state index contributed by atoms with van der Waals surface area (Å²) in [5.74, 6) is 1.11. The van der Waals surface area contributed by atoms with Gasteiger partial charge in [0.2, 0.25) is 15.9 Å². The summed E-state index contributed by atoms with van der Waals surface area (Å²) in [6, 6.07) is 6.46. The van der Waals surface area contributed by atoms with Gasteiger partial charge in [-0.1, -0.05) is 12.1 Å². The molecule has 0 aliphatic carbocycles. The van der Waals surface area contributed by atoms with E-state index in [2.05, 4.69) is 14.6 Å². The molecule has 3 aliphatic heterocycles. The Kier molecular flexibility index (Phi) is 4.77. The lowest BCUT2D eigenvalue weighted by molar-refractivity contribution is 0.00209. The summed E-state index contributed by atoms with van der Waals surface area (Å²) in [4.78, 5) is 6.87. The van der Waals surface area contributed by atoms with Gasteiger partial charge in [0.25, 0.3) is 0 Å². The van der Waals surface area contributed by atoms with Crippen LogP contribution in [0.15, 0.2) is 28.7 Å². The zero-order valence-electron chi connectivity index (χ0n) is 17.1. The molecule has 1 spiro atoms. The van der Waals surface area contributed by atoms with Crippen LogP contribution in [0, 0.1) is 24.6 Å². The SMILES string of the molecule is Cc1oc(-c2ccccc2F)nc1CN1C[C@@H]2[C@H](CNS(C)(=O)=O)[C@H]3CC[C@]2(C1)O3. The number of sulfonamides is 1. The second-order valence-electron chi connectivity index (χ2n) is 8.82. The fourth-order valence-electron chi connectivity index (χ4n) is 5.46. The van der Waals surface area contributed by atoms with Crippen LogP contribution in [-0.4, -0.2) is 55.9 Å². The standard InChI is InChI=1S/C21H26FN3O4S/c1-13-18(24-20(28-13)14-5-3-4-6-17(14)22)11-25-10-16-15(9-23-30(2,26)27)19-7-8-21(16,12-25)29-19/h3-6,15-16,19,23H,7-12H2,1-2H3/t15-,16+,19+,21+/m0/s1. The molecular formula is C21H26FN3O4S. The first-order chi connectivity index (χ1) is 14.2. The predicted octanol–water partition coefficient (Wildman–Crippen LogP) is 2.32. The Hall–Kier alpha value is -1.81. The van der Waals surface area contributed by atoms with E-state index < -0.39 is 10.0 Å². The molecule has 2 aromatic rings. The number of hydrogen-bond donors (Lipinski definition) is 1. The Balaban J connectivity index is 1.32. The van der Waals surface area contributed by atoms with Crippen molar-refractivity contribution in [3.05, 3.63) is 41.5 Å². The normalized spacial score (nSPS) is 30.8. The lowest BCUT2D eigenvalue weighted by Gasteiger charge is -2.29. The van der Waals surface area contributed by atoms with Crippen molar-refractivity contribution in [2.75, 3.05) is 25.9 Å². The van der Waals surface area contributed by atoms with E-state index in [1.54, 1.807) is 18.2 Å². The van der Waals surface area contributed by atoms with E-state index in [0.717, 1.165) is 31.6 Å². The lowest BCUT2D eigenvalue weighted by Crippen LogP contribution is -2.41. The summed E-state index contributed by atoms with van der Waals surface area (Å²) in [6.07, 6.45) is 3.30. The van der Waals surface area contributed by atoms with E-state index in [-0.39, 0.29) is 23.4 Å². The van der Waals surface area contributed by atoms with E-state index in [0.29, 0.717) is 36.2 Å². The number of halogens is 1. The minimum Gasteiger partial charge on any atom is -0.441 e. The third-order valence-electron chi connectivity index (χ3n) is 6.81. The number of ether oxygens (including phenoxy) is 1. The Bertz CT molecular complexity index is 1070. The van der Waals surface area contributed by atoms with Gasteiger partial charge in [-0.2, -0.15) is 0 Å². The molecule has 2 bridgehead atoms. The van der Waals surface area contributed by atoms with Crippen LogP contribution >= 0.6 is 0 Å². The highest BCUT2D eigenvalue weighted by Gasteiger charge is 2.62. The van der Waals surface area contributed by atoms with Gasteiger partial charge in [-0.3, -0.25) is 4.90 Å². The number of fused-ring (bicyclic) bond motifs is 1. The highest BCUT2D eigenvalue weighted by atomic mass is 32.2. The van der Waals surface area contributed by atoms with Crippen LogP contribution in [0.1, 0.15) is 24.3 Å². The molecule has 3 aliphatic rings. The zero-order chi connectivity index (χ0) is 21.1. The number of rotatable bonds is 6. The van der Waals surface area contributed by atoms with Crippen LogP contribution in [0.3, 0.4) is 0 Å². The van der Waals surface area contributed by atoms with E-state index in [4.69, 9.17) is 9.15 Å². The van der Waals surface area contributed by atoms with Crippen LogP contribution in [0.25, 0.3) is 11.5 Å². The van der Waals surface area contributed by atoms with Crippen LogP contribution in [0.2, 0.25) is 0 Å². The number of oxazole rings is 1. The van der Waals surface area contributed by atoms with Crippen molar-refractivity contribution in [3.8, 4) is 11.5 Å². The van der Waals surface area contributed by atoms with Gasteiger partial charge in [-0.15, -0.1) is 0 Å². The molecule has 0 saturated carbocycles. The topological polar surface area (TPSA) is 84.7 Å². The smallest absolute Gasteiger partial charge is 0.229 e. The van der Waals surface area contributed by atoms with Crippen molar-refractivity contribution in [1.82, 2.24) is 14.6 Å². The first-order valence-electron chi connectivity index (χ1n) is 10.3. The molecule has 1 aromatic heterocycles. The molecule has 0 radical (unpaired) electrons. The predicted molar refractivity (Wildman–Crippen MR) is 109 cm³/mol. The molecule has 1 aromatic carbocycles. The Morgan fingerprint density at radius 3 is 2.93 bits per heavy atom. The molecule has 0 unspecified atom stereocenters. The number of likely N-dealkylation sites (tertiary alicyclic amines) is 1. The third-order valence-corrected chi connectivity index (χ3v) is 7.50. The summed E-state index contributed by atoms with van der Waals surface area (Å²) in [7, 11) is -3.23. The minimum atomic E-state index is -3.23.